The fourth-order valence-corrected chi connectivity index (χ4v) is 3.92. The van der Waals surface area contributed by atoms with Gasteiger partial charge in [-0.25, -0.2) is 4.98 Å². The van der Waals surface area contributed by atoms with Crippen molar-refractivity contribution in [3.63, 3.8) is 0 Å². The van der Waals surface area contributed by atoms with Crippen molar-refractivity contribution >= 4 is 11.3 Å². The van der Waals surface area contributed by atoms with Crippen LogP contribution >= 0.6 is 11.3 Å². The van der Waals surface area contributed by atoms with Crippen molar-refractivity contribution in [1.29, 1.82) is 0 Å². The number of rotatable bonds is 2. The van der Waals surface area contributed by atoms with Gasteiger partial charge >= 0.3 is 0 Å². The first-order chi connectivity index (χ1) is 8.42. The van der Waals surface area contributed by atoms with E-state index in [4.69, 9.17) is 0 Å². The molecule has 0 N–H and O–H groups in total. The Morgan fingerprint density at radius 1 is 1.00 bits per heavy atom. The molecule has 2 aromatic rings. The van der Waals surface area contributed by atoms with Crippen molar-refractivity contribution in [2.45, 2.75) is 37.5 Å². The Hall–Kier alpha value is -1.15. The highest BCUT2D eigenvalue weighted by molar-refractivity contribution is 7.09. The normalized spacial score (nSPS) is 19.1. The monoisotopic (exact) mass is 243 g/mol. The molecule has 1 aliphatic carbocycles. The Morgan fingerprint density at radius 2 is 1.76 bits per heavy atom. The molecule has 1 fully saturated rings. The van der Waals surface area contributed by atoms with E-state index in [-0.39, 0.29) is 5.41 Å². The average molecular weight is 243 g/mol. The number of thiazole rings is 1. The number of aromatic nitrogens is 1. The molecule has 0 spiro atoms. The maximum absolute atomic E-state index is 4.61. The molecule has 0 bridgehead atoms. The summed E-state index contributed by atoms with van der Waals surface area (Å²) in [5.74, 6) is 0. The molecule has 1 aromatic carbocycles. The summed E-state index contributed by atoms with van der Waals surface area (Å²) in [5.41, 5.74) is 1.66. The second-order valence-electron chi connectivity index (χ2n) is 4.85. The summed E-state index contributed by atoms with van der Waals surface area (Å²) in [4.78, 5) is 4.61. The highest BCUT2D eigenvalue weighted by Crippen LogP contribution is 2.45. The number of benzene rings is 1. The van der Waals surface area contributed by atoms with Crippen LogP contribution in [0.2, 0.25) is 0 Å². The fourth-order valence-electron chi connectivity index (χ4n) is 3.00. The van der Waals surface area contributed by atoms with Crippen molar-refractivity contribution in [1.82, 2.24) is 4.98 Å². The number of nitrogens with zero attached hydrogens (tertiary/aromatic N) is 1. The fraction of sp³-hybridized carbons (Fsp3) is 0.400. The third-order valence-corrected chi connectivity index (χ3v) is 4.85. The summed E-state index contributed by atoms with van der Waals surface area (Å²) in [6.45, 7) is 0. The second-order valence-corrected chi connectivity index (χ2v) is 5.74. The largest absolute Gasteiger partial charge is 0.249 e. The van der Waals surface area contributed by atoms with Gasteiger partial charge in [0.15, 0.2) is 0 Å². The quantitative estimate of drug-likeness (QED) is 0.762. The number of hydrogen-bond donors (Lipinski definition) is 0. The van der Waals surface area contributed by atoms with E-state index in [9.17, 15) is 0 Å². The SMILES string of the molecule is c1ccc(C2(c3nccs3)CCCCC2)cc1. The first-order valence-corrected chi connectivity index (χ1v) is 7.25. The summed E-state index contributed by atoms with van der Waals surface area (Å²) in [6, 6.07) is 10.9. The predicted octanol–water partition coefficient (Wildman–Crippen LogP) is 4.39. The molecule has 1 nitrogen and oxygen atoms in total. The molecule has 3 rings (SSSR count). The minimum atomic E-state index is 0.202. The lowest BCUT2D eigenvalue weighted by atomic mass is 9.70. The lowest BCUT2D eigenvalue weighted by molar-refractivity contribution is 0.345. The first-order valence-electron chi connectivity index (χ1n) is 6.37. The minimum absolute atomic E-state index is 0.202. The first kappa shape index (κ1) is 11.0. The van der Waals surface area contributed by atoms with E-state index in [0.29, 0.717) is 0 Å². The Morgan fingerprint density at radius 3 is 2.41 bits per heavy atom. The maximum atomic E-state index is 4.61. The molecule has 0 aliphatic heterocycles. The molecular weight excluding hydrogens is 226 g/mol. The second kappa shape index (κ2) is 4.61. The molecule has 0 saturated heterocycles. The highest BCUT2D eigenvalue weighted by Gasteiger charge is 2.37. The van der Waals surface area contributed by atoms with Crippen LogP contribution in [0.25, 0.3) is 0 Å². The van der Waals surface area contributed by atoms with Crippen LogP contribution in [-0.2, 0) is 5.41 Å². The third kappa shape index (κ3) is 1.91. The lowest BCUT2D eigenvalue weighted by Crippen LogP contribution is -2.30. The van der Waals surface area contributed by atoms with Crippen LogP contribution in [0, 0.1) is 0 Å². The Labute approximate surface area is 107 Å². The molecule has 88 valence electrons. The Balaban J connectivity index is 2.08. The number of hydrogen-bond acceptors (Lipinski definition) is 2. The van der Waals surface area contributed by atoms with Gasteiger partial charge in [-0.15, -0.1) is 11.3 Å². The minimum Gasteiger partial charge on any atom is -0.249 e. The van der Waals surface area contributed by atoms with Gasteiger partial charge in [-0.2, -0.15) is 0 Å². The van der Waals surface area contributed by atoms with E-state index in [1.807, 2.05) is 17.5 Å². The molecule has 0 amide bonds. The van der Waals surface area contributed by atoms with Gasteiger partial charge in [0, 0.05) is 17.0 Å². The highest BCUT2D eigenvalue weighted by atomic mass is 32.1. The van der Waals surface area contributed by atoms with Gasteiger partial charge in [-0.1, -0.05) is 49.6 Å². The summed E-state index contributed by atoms with van der Waals surface area (Å²) in [5, 5.41) is 3.41. The van der Waals surface area contributed by atoms with Crippen molar-refractivity contribution in [2.75, 3.05) is 0 Å². The predicted molar refractivity (Wildman–Crippen MR) is 72.4 cm³/mol. The maximum Gasteiger partial charge on any atom is 0.103 e. The molecule has 1 aromatic heterocycles. The van der Waals surface area contributed by atoms with E-state index in [2.05, 4.69) is 40.7 Å². The van der Waals surface area contributed by atoms with E-state index >= 15 is 0 Å². The zero-order chi connectivity index (χ0) is 11.6. The van der Waals surface area contributed by atoms with Crippen LogP contribution in [0.5, 0.6) is 0 Å². The van der Waals surface area contributed by atoms with Crippen molar-refractivity contribution in [2.24, 2.45) is 0 Å². The standard InChI is InChI=1S/C15H17NS/c1-3-7-13(8-4-1)15(9-5-2-6-10-15)14-16-11-12-17-14/h1,3-4,7-8,11-12H,2,5-6,9-10H2. The molecule has 17 heavy (non-hydrogen) atoms. The zero-order valence-corrected chi connectivity index (χ0v) is 10.7. The van der Waals surface area contributed by atoms with Gasteiger partial charge in [0.25, 0.3) is 0 Å². The van der Waals surface area contributed by atoms with Gasteiger partial charge in [-0.3, -0.25) is 0 Å². The Kier molecular flexibility index (Phi) is 2.98. The van der Waals surface area contributed by atoms with Gasteiger partial charge in [0.2, 0.25) is 0 Å². The van der Waals surface area contributed by atoms with Gasteiger partial charge < -0.3 is 0 Å². The third-order valence-electron chi connectivity index (χ3n) is 3.88. The molecular formula is C15H17NS. The van der Waals surface area contributed by atoms with E-state index in [0.717, 1.165) is 0 Å². The van der Waals surface area contributed by atoms with Crippen LogP contribution in [0.3, 0.4) is 0 Å². The van der Waals surface area contributed by atoms with E-state index < -0.39 is 0 Å². The van der Waals surface area contributed by atoms with Crippen LogP contribution in [-0.4, -0.2) is 4.98 Å². The molecule has 0 unspecified atom stereocenters. The molecule has 2 heteroatoms. The van der Waals surface area contributed by atoms with Crippen molar-refractivity contribution in [3.8, 4) is 0 Å². The average Bonchev–Trinajstić information content (AvgIpc) is 2.95. The van der Waals surface area contributed by atoms with Crippen LogP contribution in [0.1, 0.15) is 42.7 Å². The van der Waals surface area contributed by atoms with Gasteiger partial charge in [0.05, 0.1) is 0 Å². The van der Waals surface area contributed by atoms with Crippen molar-refractivity contribution in [3.05, 3.63) is 52.5 Å². The summed E-state index contributed by atoms with van der Waals surface area (Å²) < 4.78 is 0. The summed E-state index contributed by atoms with van der Waals surface area (Å²) >= 11 is 1.81. The van der Waals surface area contributed by atoms with E-state index in [1.165, 1.54) is 42.7 Å². The van der Waals surface area contributed by atoms with Crippen molar-refractivity contribution < 1.29 is 0 Å². The lowest BCUT2D eigenvalue weighted by Gasteiger charge is -2.36. The molecule has 1 heterocycles. The van der Waals surface area contributed by atoms with Crippen LogP contribution in [0.15, 0.2) is 41.9 Å². The molecule has 0 radical (unpaired) electrons. The smallest absolute Gasteiger partial charge is 0.103 e. The molecule has 1 aliphatic rings. The summed E-state index contributed by atoms with van der Waals surface area (Å²) in [7, 11) is 0. The van der Waals surface area contributed by atoms with Crippen LogP contribution < -0.4 is 0 Å². The van der Waals surface area contributed by atoms with Crippen LogP contribution in [0.4, 0.5) is 0 Å². The topological polar surface area (TPSA) is 12.9 Å². The Bertz CT molecular complexity index is 455. The molecule has 0 atom stereocenters. The molecule has 1 saturated carbocycles. The zero-order valence-electron chi connectivity index (χ0n) is 9.93. The summed E-state index contributed by atoms with van der Waals surface area (Å²) in [6.07, 6.45) is 8.48. The van der Waals surface area contributed by atoms with E-state index in [1.54, 1.807) is 0 Å². The van der Waals surface area contributed by atoms with Gasteiger partial charge in [-0.05, 0) is 18.4 Å². The van der Waals surface area contributed by atoms with Gasteiger partial charge in [0.1, 0.15) is 5.01 Å².